The van der Waals surface area contributed by atoms with Gasteiger partial charge in [0, 0.05) is 11.8 Å². The second kappa shape index (κ2) is 6.54. The number of nitrogens with zero attached hydrogens (tertiary/aromatic N) is 2. The molecule has 0 saturated carbocycles. The average molecular weight is 256 g/mol. The third kappa shape index (κ3) is 3.81. The minimum atomic E-state index is -0.214. The van der Waals surface area contributed by atoms with Crippen LogP contribution in [0.4, 0.5) is 0 Å². The van der Waals surface area contributed by atoms with E-state index < -0.39 is 0 Å². The summed E-state index contributed by atoms with van der Waals surface area (Å²) in [5.41, 5.74) is 1.96. The zero-order valence-electron chi connectivity index (χ0n) is 10.8. The molecule has 0 radical (unpaired) electrons. The highest BCUT2D eigenvalue weighted by Gasteiger charge is 1.99. The fourth-order valence-corrected chi connectivity index (χ4v) is 1.66. The Balaban J connectivity index is 1.98. The zero-order valence-corrected chi connectivity index (χ0v) is 10.8. The molecular formula is C15H16N2O2. The van der Waals surface area contributed by atoms with Crippen LogP contribution in [0.25, 0.3) is 11.8 Å². The lowest BCUT2D eigenvalue weighted by atomic mass is 10.3. The molecule has 0 N–H and O–H groups in total. The minimum Gasteiger partial charge on any atom is -0.466 e. The summed E-state index contributed by atoms with van der Waals surface area (Å²) in [6.07, 6.45) is 7.60. The summed E-state index contributed by atoms with van der Waals surface area (Å²) in [7, 11) is 0. The molecule has 0 saturated heterocycles. The molecule has 4 heteroatoms. The van der Waals surface area contributed by atoms with Crippen molar-refractivity contribution in [3.8, 4) is 5.69 Å². The topological polar surface area (TPSA) is 44.1 Å². The summed E-state index contributed by atoms with van der Waals surface area (Å²) in [5, 5.41) is 4.27. The van der Waals surface area contributed by atoms with Crippen molar-refractivity contribution in [1.29, 1.82) is 0 Å². The van der Waals surface area contributed by atoms with Gasteiger partial charge in [0.2, 0.25) is 0 Å². The number of rotatable bonds is 5. The maximum absolute atomic E-state index is 11.2. The average Bonchev–Trinajstić information content (AvgIpc) is 2.89. The van der Waals surface area contributed by atoms with Gasteiger partial charge in [-0.2, -0.15) is 5.10 Å². The predicted molar refractivity (Wildman–Crippen MR) is 73.8 cm³/mol. The van der Waals surface area contributed by atoms with Crippen LogP contribution in [-0.4, -0.2) is 22.4 Å². The number of esters is 1. The van der Waals surface area contributed by atoms with Gasteiger partial charge in [-0.15, -0.1) is 0 Å². The summed E-state index contributed by atoms with van der Waals surface area (Å²) in [6.45, 7) is 2.21. The van der Waals surface area contributed by atoms with Crippen LogP contribution in [0.5, 0.6) is 0 Å². The summed E-state index contributed by atoms with van der Waals surface area (Å²) in [4.78, 5) is 11.2. The van der Waals surface area contributed by atoms with Crippen molar-refractivity contribution in [2.75, 3.05) is 6.61 Å². The van der Waals surface area contributed by atoms with Crippen molar-refractivity contribution in [1.82, 2.24) is 9.78 Å². The summed E-state index contributed by atoms with van der Waals surface area (Å²) < 4.78 is 6.64. The highest BCUT2D eigenvalue weighted by atomic mass is 16.5. The normalized spacial score (nSPS) is 10.8. The van der Waals surface area contributed by atoms with Gasteiger partial charge in [-0.05, 0) is 19.1 Å². The van der Waals surface area contributed by atoms with E-state index in [1.54, 1.807) is 23.9 Å². The van der Waals surface area contributed by atoms with Crippen LogP contribution < -0.4 is 0 Å². The SMILES string of the molecule is CCOC(=O)CC=Cc1cnn(-c2ccccc2)c1. The molecular weight excluding hydrogens is 240 g/mol. The Bertz CT molecular complexity index is 559. The lowest BCUT2D eigenvalue weighted by Crippen LogP contribution is -2.01. The molecule has 0 aliphatic rings. The molecule has 0 unspecified atom stereocenters. The van der Waals surface area contributed by atoms with Crippen molar-refractivity contribution in [3.63, 3.8) is 0 Å². The van der Waals surface area contributed by atoms with Crippen LogP contribution in [0.2, 0.25) is 0 Å². The molecule has 2 aromatic rings. The maximum atomic E-state index is 11.2. The maximum Gasteiger partial charge on any atom is 0.309 e. The minimum absolute atomic E-state index is 0.214. The molecule has 0 atom stereocenters. The van der Waals surface area contributed by atoms with Crippen LogP contribution in [-0.2, 0) is 9.53 Å². The summed E-state index contributed by atoms with van der Waals surface area (Å²) in [6, 6.07) is 9.87. The number of carbonyl (C=O) groups excluding carboxylic acids is 1. The second-order valence-corrected chi connectivity index (χ2v) is 3.97. The monoisotopic (exact) mass is 256 g/mol. The molecule has 19 heavy (non-hydrogen) atoms. The molecule has 0 bridgehead atoms. The quantitative estimate of drug-likeness (QED) is 0.773. The van der Waals surface area contributed by atoms with Crippen LogP contribution in [0, 0.1) is 0 Å². The van der Waals surface area contributed by atoms with Gasteiger partial charge in [-0.1, -0.05) is 30.4 Å². The zero-order chi connectivity index (χ0) is 13.5. The number of para-hydroxylation sites is 1. The summed E-state index contributed by atoms with van der Waals surface area (Å²) >= 11 is 0. The lowest BCUT2D eigenvalue weighted by Gasteiger charge is -1.98. The number of hydrogen-bond acceptors (Lipinski definition) is 3. The van der Waals surface area contributed by atoms with Crippen molar-refractivity contribution >= 4 is 12.0 Å². The number of benzene rings is 1. The van der Waals surface area contributed by atoms with E-state index in [2.05, 4.69) is 5.10 Å². The fraction of sp³-hybridized carbons (Fsp3) is 0.200. The van der Waals surface area contributed by atoms with Crippen molar-refractivity contribution in [2.45, 2.75) is 13.3 Å². The first-order valence-electron chi connectivity index (χ1n) is 6.22. The Morgan fingerprint density at radius 1 is 1.37 bits per heavy atom. The molecule has 0 aliphatic heterocycles. The third-order valence-corrected chi connectivity index (χ3v) is 2.52. The molecule has 0 fully saturated rings. The van der Waals surface area contributed by atoms with Crippen molar-refractivity contribution in [3.05, 3.63) is 54.4 Å². The fourth-order valence-electron chi connectivity index (χ4n) is 1.66. The van der Waals surface area contributed by atoms with Gasteiger partial charge in [0.1, 0.15) is 0 Å². The lowest BCUT2D eigenvalue weighted by molar-refractivity contribution is -0.142. The number of ether oxygens (including phenoxy) is 1. The van der Waals surface area contributed by atoms with E-state index >= 15 is 0 Å². The first-order valence-corrected chi connectivity index (χ1v) is 6.22. The van der Waals surface area contributed by atoms with E-state index in [1.165, 1.54) is 0 Å². The number of aromatic nitrogens is 2. The van der Waals surface area contributed by atoms with Crippen LogP contribution in [0.1, 0.15) is 18.9 Å². The van der Waals surface area contributed by atoms with Gasteiger partial charge >= 0.3 is 5.97 Å². The highest BCUT2D eigenvalue weighted by Crippen LogP contribution is 2.09. The Hall–Kier alpha value is -2.36. The Morgan fingerprint density at radius 2 is 2.16 bits per heavy atom. The molecule has 4 nitrogen and oxygen atoms in total. The predicted octanol–water partition coefficient (Wildman–Crippen LogP) is 2.84. The molecule has 1 heterocycles. The third-order valence-electron chi connectivity index (χ3n) is 2.52. The highest BCUT2D eigenvalue weighted by molar-refractivity contribution is 5.72. The molecule has 1 aromatic heterocycles. The Labute approximate surface area is 112 Å². The van der Waals surface area contributed by atoms with E-state index in [0.29, 0.717) is 6.61 Å². The van der Waals surface area contributed by atoms with Gasteiger partial charge in [0.05, 0.1) is 24.9 Å². The van der Waals surface area contributed by atoms with Gasteiger partial charge < -0.3 is 4.74 Å². The molecule has 98 valence electrons. The summed E-state index contributed by atoms with van der Waals surface area (Å²) in [5.74, 6) is -0.214. The standard InChI is InChI=1S/C15H16N2O2/c1-2-19-15(18)10-6-7-13-11-16-17(12-13)14-8-4-3-5-9-14/h3-9,11-12H,2,10H2,1H3. The van der Waals surface area contributed by atoms with E-state index in [4.69, 9.17) is 4.74 Å². The smallest absolute Gasteiger partial charge is 0.309 e. The van der Waals surface area contributed by atoms with Crippen molar-refractivity contribution < 1.29 is 9.53 Å². The first kappa shape index (κ1) is 13.1. The Kier molecular flexibility index (Phi) is 4.50. The van der Waals surface area contributed by atoms with Gasteiger partial charge in [0.15, 0.2) is 0 Å². The first-order chi connectivity index (χ1) is 9.29. The van der Waals surface area contributed by atoms with Crippen LogP contribution in [0.15, 0.2) is 48.8 Å². The molecule has 0 aliphatic carbocycles. The van der Waals surface area contributed by atoms with E-state index in [0.717, 1.165) is 11.3 Å². The second-order valence-electron chi connectivity index (χ2n) is 3.97. The van der Waals surface area contributed by atoms with E-state index in [9.17, 15) is 4.79 Å². The number of carbonyl (C=O) groups is 1. The van der Waals surface area contributed by atoms with Gasteiger partial charge in [-0.3, -0.25) is 4.79 Å². The number of hydrogen-bond donors (Lipinski definition) is 0. The molecule has 2 rings (SSSR count). The Morgan fingerprint density at radius 3 is 2.89 bits per heavy atom. The van der Waals surface area contributed by atoms with E-state index in [1.807, 2.05) is 42.6 Å². The van der Waals surface area contributed by atoms with Gasteiger partial charge in [-0.25, -0.2) is 4.68 Å². The molecule has 1 aromatic carbocycles. The van der Waals surface area contributed by atoms with E-state index in [-0.39, 0.29) is 12.4 Å². The molecule has 0 amide bonds. The van der Waals surface area contributed by atoms with Crippen LogP contribution >= 0.6 is 0 Å². The molecule has 0 spiro atoms. The van der Waals surface area contributed by atoms with Crippen LogP contribution in [0.3, 0.4) is 0 Å². The van der Waals surface area contributed by atoms with Gasteiger partial charge in [0.25, 0.3) is 0 Å². The van der Waals surface area contributed by atoms with Crippen molar-refractivity contribution in [2.24, 2.45) is 0 Å². The largest absolute Gasteiger partial charge is 0.466 e.